The summed E-state index contributed by atoms with van der Waals surface area (Å²) in [5, 5.41) is 0. The van der Waals surface area contributed by atoms with Crippen molar-refractivity contribution in [1.82, 2.24) is 0 Å². The van der Waals surface area contributed by atoms with E-state index in [1.165, 1.54) is 22.3 Å². The molecular weight excluding hydrogens is 192 g/mol. The zero-order valence-corrected chi connectivity index (χ0v) is 10.7. The van der Waals surface area contributed by atoms with Gasteiger partial charge in [0.1, 0.15) is 0 Å². The largest absolute Gasteiger partial charge is 0.0726 e. The first-order chi connectivity index (χ1) is 7.47. The van der Waals surface area contributed by atoms with Gasteiger partial charge < -0.3 is 0 Å². The van der Waals surface area contributed by atoms with Crippen molar-refractivity contribution >= 4 is 5.57 Å². The maximum atomic E-state index is 2.31. The minimum Gasteiger partial charge on any atom is -0.0726 e. The number of rotatable bonds is 1. The minimum atomic E-state index is 0.244. The van der Waals surface area contributed by atoms with Crippen LogP contribution < -0.4 is 0 Å². The van der Waals surface area contributed by atoms with Crippen LogP contribution in [-0.2, 0) is 5.41 Å². The molecule has 1 aromatic carbocycles. The van der Waals surface area contributed by atoms with E-state index in [4.69, 9.17) is 0 Å². The van der Waals surface area contributed by atoms with Crippen molar-refractivity contribution in [2.24, 2.45) is 0 Å². The normalized spacial score (nSPS) is 16.0. The molecule has 0 heterocycles. The van der Waals surface area contributed by atoms with Crippen molar-refractivity contribution in [3.63, 3.8) is 0 Å². The van der Waals surface area contributed by atoms with Crippen molar-refractivity contribution in [1.29, 1.82) is 0 Å². The van der Waals surface area contributed by atoms with Crippen molar-refractivity contribution in [3.05, 3.63) is 53.1 Å². The van der Waals surface area contributed by atoms with Crippen molar-refractivity contribution < 1.29 is 0 Å². The van der Waals surface area contributed by atoms with E-state index in [0.29, 0.717) is 0 Å². The third kappa shape index (κ3) is 2.27. The highest BCUT2D eigenvalue weighted by atomic mass is 14.2. The first-order valence-corrected chi connectivity index (χ1v) is 5.95. The van der Waals surface area contributed by atoms with E-state index < -0.39 is 0 Å². The maximum Gasteiger partial charge on any atom is -0.0129 e. The van der Waals surface area contributed by atoms with Crippen LogP contribution in [0.4, 0.5) is 0 Å². The van der Waals surface area contributed by atoms with E-state index in [0.717, 1.165) is 6.42 Å². The topological polar surface area (TPSA) is 0 Å². The summed E-state index contributed by atoms with van der Waals surface area (Å²) in [5.41, 5.74) is 5.81. The van der Waals surface area contributed by atoms with Crippen LogP contribution in [0, 0.1) is 0 Å². The molecule has 0 heteroatoms. The lowest BCUT2D eigenvalue weighted by Gasteiger charge is -2.19. The quantitative estimate of drug-likeness (QED) is 0.632. The van der Waals surface area contributed by atoms with Crippen LogP contribution in [0.2, 0.25) is 0 Å². The fourth-order valence-corrected chi connectivity index (χ4v) is 2.02. The summed E-state index contributed by atoms with van der Waals surface area (Å²) in [7, 11) is 0. The lowest BCUT2D eigenvalue weighted by atomic mass is 9.86. The Bertz CT molecular complexity index is 436. The summed E-state index contributed by atoms with van der Waals surface area (Å²) in [4.78, 5) is 0. The Labute approximate surface area is 98.7 Å². The molecule has 1 aliphatic carbocycles. The molecule has 1 aliphatic rings. The number of hydrogen-bond acceptors (Lipinski definition) is 0. The van der Waals surface area contributed by atoms with Crippen molar-refractivity contribution in [3.8, 4) is 0 Å². The van der Waals surface area contributed by atoms with E-state index in [9.17, 15) is 0 Å². The molecule has 16 heavy (non-hydrogen) atoms. The molecule has 0 amide bonds. The molecule has 1 aromatic rings. The van der Waals surface area contributed by atoms with Gasteiger partial charge in [-0.2, -0.15) is 0 Å². The summed E-state index contributed by atoms with van der Waals surface area (Å²) in [6.45, 7) is 8.94. The number of hydrogen-bond donors (Lipinski definition) is 0. The SMILES string of the molecule is CC1=CC(c2ccc(C(C)(C)C)cc2)=CC1. The van der Waals surface area contributed by atoms with E-state index in [2.05, 4.69) is 64.1 Å². The average molecular weight is 212 g/mol. The summed E-state index contributed by atoms with van der Waals surface area (Å²) in [6, 6.07) is 8.97. The van der Waals surface area contributed by atoms with Gasteiger partial charge in [-0.25, -0.2) is 0 Å². The highest BCUT2D eigenvalue weighted by Crippen LogP contribution is 2.28. The predicted molar refractivity (Wildman–Crippen MR) is 71.5 cm³/mol. The Morgan fingerprint density at radius 1 is 1.00 bits per heavy atom. The minimum absolute atomic E-state index is 0.244. The van der Waals surface area contributed by atoms with Crippen LogP contribution in [-0.4, -0.2) is 0 Å². The standard InChI is InChI=1S/C16H20/c1-12-5-6-14(11-12)13-7-9-15(10-8-13)16(2,3)4/h6-11H,5H2,1-4H3. The van der Waals surface area contributed by atoms with Gasteiger partial charge >= 0.3 is 0 Å². The Balaban J connectivity index is 2.27. The second-order valence-corrected chi connectivity index (χ2v) is 5.68. The Morgan fingerprint density at radius 2 is 1.62 bits per heavy atom. The van der Waals surface area contributed by atoms with Gasteiger partial charge in [-0.15, -0.1) is 0 Å². The summed E-state index contributed by atoms with van der Waals surface area (Å²) in [5.74, 6) is 0. The first-order valence-electron chi connectivity index (χ1n) is 5.95. The van der Waals surface area contributed by atoms with Crippen LogP contribution in [0.25, 0.3) is 5.57 Å². The van der Waals surface area contributed by atoms with E-state index >= 15 is 0 Å². The Hall–Kier alpha value is -1.30. The van der Waals surface area contributed by atoms with E-state index in [1.54, 1.807) is 0 Å². The zero-order valence-electron chi connectivity index (χ0n) is 10.7. The van der Waals surface area contributed by atoms with Crippen LogP contribution in [0.15, 0.2) is 42.0 Å². The maximum absolute atomic E-state index is 2.31. The van der Waals surface area contributed by atoms with Crippen molar-refractivity contribution in [2.45, 2.75) is 39.5 Å². The third-order valence-corrected chi connectivity index (χ3v) is 3.13. The molecule has 0 saturated carbocycles. The van der Waals surface area contributed by atoms with E-state index in [1.807, 2.05) is 0 Å². The van der Waals surface area contributed by atoms with Crippen LogP contribution in [0.1, 0.15) is 45.2 Å². The summed E-state index contributed by atoms with van der Waals surface area (Å²) < 4.78 is 0. The van der Waals surface area contributed by atoms with Gasteiger partial charge in [0, 0.05) is 0 Å². The lowest BCUT2D eigenvalue weighted by molar-refractivity contribution is 0.590. The molecule has 0 bridgehead atoms. The summed E-state index contributed by atoms with van der Waals surface area (Å²) in [6.07, 6.45) is 5.70. The van der Waals surface area contributed by atoms with Gasteiger partial charge in [0.2, 0.25) is 0 Å². The first kappa shape index (κ1) is 11.2. The zero-order chi connectivity index (χ0) is 11.8. The third-order valence-electron chi connectivity index (χ3n) is 3.13. The molecule has 0 fully saturated rings. The molecular formula is C16H20. The van der Waals surface area contributed by atoms with Crippen LogP contribution in [0.3, 0.4) is 0 Å². The van der Waals surface area contributed by atoms with Gasteiger partial charge in [0.15, 0.2) is 0 Å². The van der Waals surface area contributed by atoms with Gasteiger partial charge in [-0.1, -0.05) is 62.8 Å². The van der Waals surface area contributed by atoms with Crippen molar-refractivity contribution in [2.75, 3.05) is 0 Å². The molecule has 0 N–H and O–H groups in total. The smallest absolute Gasteiger partial charge is 0.0129 e. The van der Waals surface area contributed by atoms with Crippen LogP contribution in [0.5, 0.6) is 0 Å². The molecule has 84 valence electrons. The second-order valence-electron chi connectivity index (χ2n) is 5.68. The predicted octanol–water partition coefficient (Wildman–Crippen LogP) is 4.72. The average Bonchev–Trinajstić information content (AvgIpc) is 2.64. The molecule has 2 rings (SSSR count). The molecule has 0 aliphatic heterocycles. The molecule has 0 atom stereocenters. The van der Waals surface area contributed by atoms with Gasteiger partial charge in [0.05, 0.1) is 0 Å². The second kappa shape index (κ2) is 3.93. The summed E-state index contributed by atoms with van der Waals surface area (Å²) >= 11 is 0. The highest BCUT2D eigenvalue weighted by molar-refractivity contribution is 5.77. The molecule has 0 unspecified atom stereocenters. The van der Waals surface area contributed by atoms with E-state index in [-0.39, 0.29) is 5.41 Å². The molecule has 0 aromatic heterocycles. The molecule has 0 nitrogen and oxygen atoms in total. The number of benzene rings is 1. The monoisotopic (exact) mass is 212 g/mol. The Kier molecular flexibility index (Phi) is 2.75. The fourth-order valence-electron chi connectivity index (χ4n) is 2.02. The van der Waals surface area contributed by atoms with Gasteiger partial charge in [-0.3, -0.25) is 0 Å². The lowest BCUT2D eigenvalue weighted by Crippen LogP contribution is -2.10. The van der Waals surface area contributed by atoms with Crippen LogP contribution >= 0.6 is 0 Å². The number of allylic oxidation sites excluding steroid dienone is 4. The molecule has 0 spiro atoms. The highest BCUT2D eigenvalue weighted by Gasteiger charge is 2.13. The molecule has 0 radical (unpaired) electrons. The molecule has 0 saturated heterocycles. The van der Waals surface area contributed by atoms with Gasteiger partial charge in [-0.05, 0) is 35.5 Å². The fraction of sp³-hybridized carbons (Fsp3) is 0.375. The van der Waals surface area contributed by atoms with Gasteiger partial charge in [0.25, 0.3) is 0 Å². The Morgan fingerprint density at radius 3 is 2.06 bits per heavy atom.